The first-order valence-electron chi connectivity index (χ1n) is 5.44. The number of rotatable bonds is 1. The minimum atomic E-state index is -0.661. The topological polar surface area (TPSA) is 43.8 Å². The van der Waals surface area contributed by atoms with Gasteiger partial charge >= 0.3 is 0 Å². The Labute approximate surface area is 115 Å². The van der Waals surface area contributed by atoms with E-state index in [0.29, 0.717) is 16.7 Å². The summed E-state index contributed by atoms with van der Waals surface area (Å²) < 4.78 is 29.0. The summed E-state index contributed by atoms with van der Waals surface area (Å²) in [6, 6.07) is 8.63. The second kappa shape index (κ2) is 4.31. The van der Waals surface area contributed by atoms with E-state index >= 15 is 0 Å². The molecular weight excluding hydrogens is 316 g/mol. The molecule has 19 heavy (non-hydrogen) atoms. The van der Waals surface area contributed by atoms with Gasteiger partial charge in [-0.1, -0.05) is 15.9 Å². The van der Waals surface area contributed by atoms with Crippen LogP contribution in [0.15, 0.2) is 40.9 Å². The van der Waals surface area contributed by atoms with Crippen molar-refractivity contribution < 1.29 is 8.78 Å². The van der Waals surface area contributed by atoms with Gasteiger partial charge in [-0.3, -0.25) is 4.57 Å². The molecule has 0 fully saturated rings. The number of aromatic nitrogens is 2. The molecule has 96 valence electrons. The third-order valence-electron chi connectivity index (χ3n) is 2.75. The average molecular weight is 324 g/mol. The van der Waals surface area contributed by atoms with Crippen LogP contribution in [0.3, 0.4) is 0 Å². The molecule has 2 aromatic carbocycles. The summed E-state index contributed by atoms with van der Waals surface area (Å²) in [6.45, 7) is 0. The predicted molar refractivity (Wildman–Crippen MR) is 73.1 cm³/mol. The summed E-state index contributed by atoms with van der Waals surface area (Å²) in [4.78, 5) is 4.16. The fourth-order valence-corrected chi connectivity index (χ4v) is 2.36. The Morgan fingerprint density at radius 2 is 1.74 bits per heavy atom. The molecule has 6 heteroatoms. The van der Waals surface area contributed by atoms with Crippen LogP contribution >= 0.6 is 15.9 Å². The number of benzene rings is 2. The lowest BCUT2D eigenvalue weighted by molar-refractivity contribution is 0.582. The van der Waals surface area contributed by atoms with Gasteiger partial charge in [-0.05, 0) is 30.3 Å². The van der Waals surface area contributed by atoms with Gasteiger partial charge in [0.2, 0.25) is 5.95 Å². The van der Waals surface area contributed by atoms with E-state index in [1.807, 2.05) is 6.07 Å². The molecule has 3 aromatic rings. The van der Waals surface area contributed by atoms with E-state index in [0.717, 1.165) is 10.5 Å². The Bertz CT molecular complexity index is 763. The highest BCUT2D eigenvalue weighted by molar-refractivity contribution is 9.10. The van der Waals surface area contributed by atoms with Crippen molar-refractivity contribution in [2.45, 2.75) is 0 Å². The zero-order valence-electron chi connectivity index (χ0n) is 9.57. The van der Waals surface area contributed by atoms with Crippen molar-refractivity contribution in [3.63, 3.8) is 0 Å². The van der Waals surface area contributed by atoms with Crippen molar-refractivity contribution in [2.24, 2.45) is 0 Å². The summed E-state index contributed by atoms with van der Waals surface area (Å²) in [5.41, 5.74) is 7.46. The maximum Gasteiger partial charge on any atom is 0.205 e. The fourth-order valence-electron chi connectivity index (χ4n) is 2.01. The van der Waals surface area contributed by atoms with Crippen molar-refractivity contribution in [1.29, 1.82) is 0 Å². The maximum atomic E-state index is 13.3. The van der Waals surface area contributed by atoms with E-state index in [1.54, 1.807) is 12.1 Å². The first-order valence-corrected chi connectivity index (χ1v) is 6.24. The molecule has 0 aliphatic heterocycles. The van der Waals surface area contributed by atoms with Crippen molar-refractivity contribution >= 4 is 32.9 Å². The molecule has 0 aliphatic carbocycles. The van der Waals surface area contributed by atoms with Crippen molar-refractivity contribution in [2.75, 3.05) is 5.73 Å². The minimum absolute atomic E-state index is 0.179. The van der Waals surface area contributed by atoms with E-state index in [2.05, 4.69) is 20.9 Å². The lowest BCUT2D eigenvalue weighted by Crippen LogP contribution is -2.01. The Kier molecular flexibility index (Phi) is 2.74. The Hall–Kier alpha value is -1.95. The number of hydrogen-bond donors (Lipinski definition) is 1. The Morgan fingerprint density at radius 1 is 1.05 bits per heavy atom. The van der Waals surface area contributed by atoms with E-state index in [9.17, 15) is 8.78 Å². The molecule has 0 saturated carbocycles. The highest BCUT2D eigenvalue weighted by Crippen LogP contribution is 2.26. The minimum Gasteiger partial charge on any atom is -0.369 e. The molecule has 0 bridgehead atoms. The van der Waals surface area contributed by atoms with Crippen LogP contribution in [-0.4, -0.2) is 9.55 Å². The lowest BCUT2D eigenvalue weighted by atomic mass is 10.2. The maximum absolute atomic E-state index is 13.3. The van der Waals surface area contributed by atoms with Crippen LogP contribution in [0.5, 0.6) is 0 Å². The van der Waals surface area contributed by atoms with Crippen LogP contribution in [0.1, 0.15) is 0 Å². The summed E-state index contributed by atoms with van der Waals surface area (Å²) in [5.74, 6) is -1.14. The van der Waals surface area contributed by atoms with Gasteiger partial charge in [0.15, 0.2) is 0 Å². The summed E-state index contributed by atoms with van der Waals surface area (Å²) in [6.07, 6.45) is 0. The molecule has 1 heterocycles. The second-order valence-corrected chi connectivity index (χ2v) is 4.98. The molecule has 0 spiro atoms. The standard InChI is InChI=1S/C13H8BrF2N3/c14-7-1-2-11-12(3-7)19(13(17)18-11)10-5-8(15)4-9(16)6-10/h1-6H,(H2,17,18). The fraction of sp³-hybridized carbons (Fsp3) is 0. The van der Waals surface area contributed by atoms with Crippen LogP contribution in [0, 0.1) is 11.6 Å². The van der Waals surface area contributed by atoms with Crippen molar-refractivity contribution in [1.82, 2.24) is 9.55 Å². The first kappa shape index (κ1) is 12.1. The molecule has 0 aliphatic rings. The molecule has 0 radical (unpaired) electrons. The van der Waals surface area contributed by atoms with Crippen LogP contribution in [0.4, 0.5) is 14.7 Å². The number of hydrogen-bond acceptors (Lipinski definition) is 2. The Balaban J connectivity index is 2.35. The highest BCUT2D eigenvalue weighted by atomic mass is 79.9. The smallest absolute Gasteiger partial charge is 0.205 e. The number of nitrogens with two attached hydrogens (primary N) is 1. The summed E-state index contributed by atoms with van der Waals surface area (Å²) in [7, 11) is 0. The quantitative estimate of drug-likeness (QED) is 0.742. The number of nitrogens with zero attached hydrogens (tertiary/aromatic N) is 2. The van der Waals surface area contributed by atoms with Gasteiger partial charge in [-0.25, -0.2) is 13.8 Å². The Morgan fingerprint density at radius 3 is 2.42 bits per heavy atom. The van der Waals surface area contributed by atoms with Gasteiger partial charge in [0.25, 0.3) is 0 Å². The first-order chi connectivity index (χ1) is 9.04. The average Bonchev–Trinajstić information content (AvgIpc) is 2.63. The molecule has 0 amide bonds. The number of imidazole rings is 1. The van der Waals surface area contributed by atoms with Gasteiger partial charge in [-0.15, -0.1) is 0 Å². The van der Waals surface area contributed by atoms with Crippen LogP contribution in [0.25, 0.3) is 16.7 Å². The normalized spacial score (nSPS) is 11.1. The van der Waals surface area contributed by atoms with E-state index in [4.69, 9.17) is 5.73 Å². The molecule has 0 atom stereocenters. The number of anilines is 1. The summed E-state index contributed by atoms with van der Waals surface area (Å²) >= 11 is 3.35. The van der Waals surface area contributed by atoms with Crippen LogP contribution in [0.2, 0.25) is 0 Å². The zero-order valence-corrected chi connectivity index (χ0v) is 11.2. The third-order valence-corrected chi connectivity index (χ3v) is 3.24. The van der Waals surface area contributed by atoms with E-state index in [-0.39, 0.29) is 5.95 Å². The third kappa shape index (κ3) is 2.08. The lowest BCUT2D eigenvalue weighted by Gasteiger charge is -2.07. The molecule has 0 unspecified atom stereocenters. The number of fused-ring (bicyclic) bond motifs is 1. The van der Waals surface area contributed by atoms with E-state index in [1.165, 1.54) is 16.7 Å². The van der Waals surface area contributed by atoms with Crippen molar-refractivity contribution in [3.05, 3.63) is 52.5 Å². The molecular formula is C13H8BrF2N3. The van der Waals surface area contributed by atoms with Crippen LogP contribution in [-0.2, 0) is 0 Å². The highest BCUT2D eigenvalue weighted by Gasteiger charge is 2.12. The van der Waals surface area contributed by atoms with Gasteiger partial charge < -0.3 is 5.73 Å². The summed E-state index contributed by atoms with van der Waals surface area (Å²) in [5, 5.41) is 0. The second-order valence-electron chi connectivity index (χ2n) is 4.07. The van der Waals surface area contributed by atoms with Crippen LogP contribution < -0.4 is 5.73 Å². The zero-order chi connectivity index (χ0) is 13.6. The molecule has 3 rings (SSSR count). The van der Waals surface area contributed by atoms with Gasteiger partial charge in [-0.2, -0.15) is 0 Å². The largest absolute Gasteiger partial charge is 0.369 e. The molecule has 0 saturated heterocycles. The predicted octanol–water partition coefficient (Wildman–Crippen LogP) is 3.65. The SMILES string of the molecule is Nc1nc2ccc(Br)cc2n1-c1cc(F)cc(F)c1. The number of nitrogen functional groups attached to an aromatic ring is 1. The van der Waals surface area contributed by atoms with Gasteiger partial charge in [0.05, 0.1) is 16.7 Å². The van der Waals surface area contributed by atoms with Gasteiger partial charge in [0, 0.05) is 10.5 Å². The van der Waals surface area contributed by atoms with Crippen molar-refractivity contribution in [3.8, 4) is 5.69 Å². The number of halogens is 3. The monoisotopic (exact) mass is 323 g/mol. The molecule has 1 aromatic heterocycles. The van der Waals surface area contributed by atoms with E-state index < -0.39 is 11.6 Å². The molecule has 2 N–H and O–H groups in total. The van der Waals surface area contributed by atoms with Gasteiger partial charge in [0.1, 0.15) is 11.6 Å². The molecule has 3 nitrogen and oxygen atoms in total.